The Labute approximate surface area is 175 Å². The van der Waals surface area contributed by atoms with Gasteiger partial charge in [0.2, 0.25) is 0 Å². The predicted molar refractivity (Wildman–Crippen MR) is 101 cm³/mol. The number of carbonyl (C=O) groups excluding carboxylic acids is 1. The number of hydrogen-bond acceptors (Lipinski definition) is 5. The fourth-order valence-corrected chi connectivity index (χ4v) is 3.70. The van der Waals surface area contributed by atoms with Crippen LogP contribution in [-0.4, -0.2) is 44.0 Å². The third-order valence-corrected chi connectivity index (χ3v) is 5.23. The van der Waals surface area contributed by atoms with Crippen molar-refractivity contribution >= 4 is 11.7 Å². The van der Waals surface area contributed by atoms with Gasteiger partial charge in [-0.15, -0.1) is 0 Å². The molecule has 168 valence electrons. The van der Waals surface area contributed by atoms with Gasteiger partial charge < -0.3 is 19.5 Å². The minimum Gasteiger partial charge on any atom is -0.465 e. The third kappa shape index (κ3) is 5.13. The standard InChI is InChI=1S/C21H20F5NO4/c1-30-18(28)13-2-8-16(9-3-13)27-12-20(29,10-17(27)11-31-19(22)23)14-4-6-15(7-5-14)21(24,25)26/h2-9,17,19,29H,10-12H2,1H3. The van der Waals surface area contributed by atoms with Crippen molar-refractivity contribution in [3.63, 3.8) is 0 Å². The number of nitrogens with zero attached hydrogens (tertiary/aromatic N) is 1. The Morgan fingerprint density at radius 1 is 1.16 bits per heavy atom. The van der Waals surface area contributed by atoms with Crippen molar-refractivity contribution in [3.05, 3.63) is 65.2 Å². The van der Waals surface area contributed by atoms with E-state index in [-0.39, 0.29) is 24.1 Å². The van der Waals surface area contributed by atoms with Crippen molar-refractivity contribution in [1.29, 1.82) is 0 Å². The quantitative estimate of drug-likeness (QED) is 0.534. The van der Waals surface area contributed by atoms with Crippen LogP contribution in [0.1, 0.15) is 27.9 Å². The van der Waals surface area contributed by atoms with E-state index in [0.29, 0.717) is 5.69 Å². The maximum atomic E-state index is 12.8. The number of ether oxygens (including phenoxy) is 2. The number of carbonyl (C=O) groups is 1. The van der Waals surface area contributed by atoms with Gasteiger partial charge in [0.15, 0.2) is 0 Å². The molecular weight excluding hydrogens is 425 g/mol. The van der Waals surface area contributed by atoms with Crippen LogP contribution in [0, 0.1) is 0 Å². The van der Waals surface area contributed by atoms with Crippen LogP contribution in [0.2, 0.25) is 0 Å². The molecule has 0 amide bonds. The molecule has 10 heteroatoms. The second kappa shape index (κ2) is 8.80. The molecule has 0 aromatic heterocycles. The Morgan fingerprint density at radius 2 is 1.77 bits per heavy atom. The van der Waals surface area contributed by atoms with Crippen LogP contribution in [0.3, 0.4) is 0 Å². The van der Waals surface area contributed by atoms with Crippen molar-refractivity contribution in [2.75, 3.05) is 25.2 Å². The van der Waals surface area contributed by atoms with Crippen LogP contribution in [-0.2, 0) is 21.3 Å². The maximum absolute atomic E-state index is 12.8. The number of methoxy groups -OCH3 is 1. The molecule has 1 aliphatic heterocycles. The lowest BCUT2D eigenvalue weighted by Gasteiger charge is -2.27. The Morgan fingerprint density at radius 3 is 2.29 bits per heavy atom. The molecule has 3 rings (SSSR count). The molecule has 0 aliphatic carbocycles. The fourth-order valence-electron chi connectivity index (χ4n) is 3.70. The largest absolute Gasteiger partial charge is 0.465 e. The van der Waals surface area contributed by atoms with Crippen molar-refractivity contribution in [2.24, 2.45) is 0 Å². The second-order valence-corrected chi connectivity index (χ2v) is 7.22. The van der Waals surface area contributed by atoms with E-state index in [1.54, 1.807) is 17.0 Å². The van der Waals surface area contributed by atoms with Gasteiger partial charge in [0.1, 0.15) is 5.60 Å². The number of rotatable bonds is 6. The SMILES string of the molecule is COC(=O)c1ccc(N2CC(O)(c3ccc(C(F)(F)F)cc3)CC2COC(F)F)cc1. The topological polar surface area (TPSA) is 59.0 Å². The van der Waals surface area contributed by atoms with E-state index < -0.39 is 42.6 Å². The molecule has 0 bridgehead atoms. The van der Waals surface area contributed by atoms with Gasteiger partial charge in [0, 0.05) is 12.1 Å². The highest BCUT2D eigenvalue weighted by Crippen LogP contribution is 2.40. The number of anilines is 1. The lowest BCUT2D eigenvalue weighted by Crippen LogP contribution is -2.34. The van der Waals surface area contributed by atoms with Gasteiger partial charge in [-0.1, -0.05) is 12.1 Å². The zero-order valence-corrected chi connectivity index (χ0v) is 16.4. The first kappa shape index (κ1) is 23.0. The van der Waals surface area contributed by atoms with Gasteiger partial charge in [-0.3, -0.25) is 0 Å². The highest BCUT2D eigenvalue weighted by atomic mass is 19.4. The molecule has 2 aromatic rings. The third-order valence-electron chi connectivity index (χ3n) is 5.23. The Balaban J connectivity index is 1.88. The van der Waals surface area contributed by atoms with Gasteiger partial charge in [-0.25, -0.2) is 4.79 Å². The summed E-state index contributed by atoms with van der Waals surface area (Å²) < 4.78 is 72.8. The summed E-state index contributed by atoms with van der Waals surface area (Å²) in [5.74, 6) is -0.549. The molecule has 0 spiro atoms. The maximum Gasteiger partial charge on any atom is 0.416 e. The molecule has 2 aromatic carbocycles. The molecule has 0 saturated carbocycles. The van der Waals surface area contributed by atoms with Crippen molar-refractivity contribution in [3.8, 4) is 0 Å². The fraction of sp³-hybridized carbons (Fsp3) is 0.381. The smallest absolute Gasteiger partial charge is 0.416 e. The molecular formula is C21H20F5NO4. The van der Waals surface area contributed by atoms with Gasteiger partial charge in [0.05, 0.1) is 37.4 Å². The summed E-state index contributed by atoms with van der Waals surface area (Å²) in [4.78, 5) is 13.2. The predicted octanol–water partition coefficient (Wildman–Crippen LogP) is 4.20. The van der Waals surface area contributed by atoms with E-state index in [4.69, 9.17) is 0 Å². The lowest BCUT2D eigenvalue weighted by molar-refractivity contribution is -0.137. The Bertz CT molecular complexity index is 901. The van der Waals surface area contributed by atoms with Crippen LogP contribution in [0.5, 0.6) is 0 Å². The number of aliphatic hydroxyl groups is 1. The molecule has 1 saturated heterocycles. The van der Waals surface area contributed by atoms with Crippen molar-refractivity contribution in [1.82, 2.24) is 0 Å². The van der Waals surface area contributed by atoms with Crippen molar-refractivity contribution in [2.45, 2.75) is 30.9 Å². The van der Waals surface area contributed by atoms with Crippen molar-refractivity contribution < 1.29 is 41.3 Å². The number of benzene rings is 2. The Hall–Kier alpha value is -2.72. The number of hydrogen-bond donors (Lipinski definition) is 1. The number of esters is 1. The van der Waals surface area contributed by atoms with E-state index in [1.807, 2.05) is 0 Å². The zero-order chi connectivity index (χ0) is 22.8. The molecule has 0 radical (unpaired) electrons. The summed E-state index contributed by atoms with van der Waals surface area (Å²) in [7, 11) is 1.23. The van der Waals surface area contributed by atoms with Crippen LogP contribution in [0.4, 0.5) is 27.6 Å². The van der Waals surface area contributed by atoms with E-state index >= 15 is 0 Å². The summed E-state index contributed by atoms with van der Waals surface area (Å²) in [6.45, 7) is -3.48. The minimum absolute atomic E-state index is 0.0379. The minimum atomic E-state index is -4.52. The van der Waals surface area contributed by atoms with Gasteiger partial charge in [0.25, 0.3) is 0 Å². The Kier molecular flexibility index (Phi) is 6.51. The molecule has 1 heterocycles. The summed E-state index contributed by atoms with van der Waals surface area (Å²) in [6.07, 6.45) is -4.55. The molecule has 2 unspecified atom stereocenters. The molecule has 1 aliphatic rings. The average molecular weight is 445 g/mol. The van der Waals surface area contributed by atoms with Crippen LogP contribution < -0.4 is 4.90 Å². The van der Waals surface area contributed by atoms with E-state index in [2.05, 4.69) is 9.47 Å². The summed E-state index contributed by atoms with van der Waals surface area (Å²) >= 11 is 0. The van der Waals surface area contributed by atoms with Crippen LogP contribution >= 0.6 is 0 Å². The van der Waals surface area contributed by atoms with Crippen LogP contribution in [0.15, 0.2) is 48.5 Å². The highest BCUT2D eigenvalue weighted by molar-refractivity contribution is 5.89. The van der Waals surface area contributed by atoms with E-state index in [0.717, 1.165) is 12.1 Å². The number of halogens is 5. The second-order valence-electron chi connectivity index (χ2n) is 7.22. The number of alkyl halides is 5. The summed E-state index contributed by atoms with van der Waals surface area (Å²) in [5, 5.41) is 11.2. The summed E-state index contributed by atoms with van der Waals surface area (Å²) in [5.41, 5.74) is -1.40. The van der Waals surface area contributed by atoms with E-state index in [9.17, 15) is 31.9 Å². The lowest BCUT2D eigenvalue weighted by atomic mass is 9.90. The highest BCUT2D eigenvalue weighted by Gasteiger charge is 2.44. The van der Waals surface area contributed by atoms with E-state index in [1.165, 1.54) is 31.4 Å². The first-order chi connectivity index (χ1) is 14.5. The zero-order valence-electron chi connectivity index (χ0n) is 16.4. The molecule has 2 atom stereocenters. The van der Waals surface area contributed by atoms with Gasteiger partial charge in [-0.2, -0.15) is 22.0 Å². The normalized spacial score (nSPS) is 21.5. The molecule has 1 N–H and O–H groups in total. The molecule has 5 nitrogen and oxygen atoms in total. The first-order valence-corrected chi connectivity index (χ1v) is 9.28. The molecule has 31 heavy (non-hydrogen) atoms. The summed E-state index contributed by atoms with van der Waals surface area (Å²) in [6, 6.07) is 9.53. The number of β-amino-alcohol motifs (C(OH)–C–C–N with tert-alkyl or cyclic N) is 1. The first-order valence-electron chi connectivity index (χ1n) is 9.28. The monoisotopic (exact) mass is 445 g/mol. The van der Waals surface area contributed by atoms with Gasteiger partial charge in [-0.05, 0) is 42.0 Å². The van der Waals surface area contributed by atoms with Gasteiger partial charge >= 0.3 is 18.8 Å². The van der Waals surface area contributed by atoms with Crippen LogP contribution in [0.25, 0.3) is 0 Å². The molecule has 1 fully saturated rings. The average Bonchev–Trinajstić information content (AvgIpc) is 3.09.